The van der Waals surface area contributed by atoms with E-state index in [1.807, 2.05) is 39.0 Å². The van der Waals surface area contributed by atoms with Crippen LogP contribution < -0.4 is 10.1 Å². The number of amides is 1. The van der Waals surface area contributed by atoms with Crippen molar-refractivity contribution in [2.24, 2.45) is 5.92 Å². The molecule has 27 heavy (non-hydrogen) atoms. The molecule has 0 aliphatic rings. The molecule has 0 atom stereocenters. The number of halogens is 1. The van der Waals surface area contributed by atoms with Crippen molar-refractivity contribution in [1.82, 2.24) is 14.8 Å². The van der Waals surface area contributed by atoms with Gasteiger partial charge in [-0.1, -0.05) is 19.9 Å². The highest BCUT2D eigenvalue weighted by Crippen LogP contribution is 2.25. The third-order valence-corrected chi connectivity index (χ3v) is 3.85. The van der Waals surface area contributed by atoms with Crippen LogP contribution in [0.2, 0.25) is 0 Å². The lowest BCUT2D eigenvalue weighted by atomic mass is 10.2. The molecule has 140 valence electrons. The van der Waals surface area contributed by atoms with E-state index in [1.54, 1.807) is 22.9 Å². The van der Waals surface area contributed by atoms with Crippen molar-refractivity contribution in [3.63, 3.8) is 0 Å². The number of aromatic nitrogens is 3. The van der Waals surface area contributed by atoms with Crippen LogP contribution in [0.15, 0.2) is 48.5 Å². The first-order valence-corrected chi connectivity index (χ1v) is 8.75. The first kappa shape index (κ1) is 18.6. The second-order valence-corrected chi connectivity index (χ2v) is 6.26. The molecular weight excluding hydrogens is 347 g/mol. The molecule has 0 saturated carbocycles. The Balaban J connectivity index is 2.02. The summed E-state index contributed by atoms with van der Waals surface area (Å²) in [5, 5.41) is 7.27. The largest absolute Gasteiger partial charge is 0.463 e. The smallest absolute Gasteiger partial charge is 0.336 e. The lowest BCUT2D eigenvalue weighted by Crippen LogP contribution is -2.17. The molecule has 0 aliphatic heterocycles. The third kappa shape index (κ3) is 4.31. The van der Waals surface area contributed by atoms with E-state index in [-0.39, 0.29) is 23.7 Å². The van der Waals surface area contributed by atoms with Gasteiger partial charge < -0.3 is 10.1 Å². The Hall–Kier alpha value is -3.22. The summed E-state index contributed by atoms with van der Waals surface area (Å²) < 4.78 is 20.3. The van der Waals surface area contributed by atoms with Crippen LogP contribution in [0.5, 0.6) is 6.01 Å². The van der Waals surface area contributed by atoms with Gasteiger partial charge in [0.15, 0.2) is 5.82 Å². The number of ether oxygens (including phenoxy) is 1. The maximum atomic E-state index is 13.3. The van der Waals surface area contributed by atoms with E-state index >= 15 is 0 Å². The summed E-state index contributed by atoms with van der Waals surface area (Å²) in [6.45, 7) is 5.94. The Morgan fingerprint density at radius 3 is 2.63 bits per heavy atom. The van der Waals surface area contributed by atoms with Crippen molar-refractivity contribution in [1.29, 1.82) is 0 Å². The maximum absolute atomic E-state index is 13.3. The van der Waals surface area contributed by atoms with Gasteiger partial charge in [0.1, 0.15) is 5.82 Å². The molecule has 1 heterocycles. The second kappa shape index (κ2) is 7.99. The van der Waals surface area contributed by atoms with E-state index in [4.69, 9.17) is 4.74 Å². The molecule has 2 aromatic carbocycles. The predicted octanol–water partition coefficient (Wildman–Crippen LogP) is 4.07. The molecule has 1 N–H and O–H groups in total. The maximum Gasteiger partial charge on any atom is 0.336 e. The number of nitrogens with zero attached hydrogens (tertiary/aromatic N) is 3. The number of hydrogen-bond acceptors (Lipinski definition) is 4. The van der Waals surface area contributed by atoms with Gasteiger partial charge >= 0.3 is 6.01 Å². The van der Waals surface area contributed by atoms with Crippen LogP contribution in [0.3, 0.4) is 0 Å². The fourth-order valence-corrected chi connectivity index (χ4v) is 2.45. The van der Waals surface area contributed by atoms with Crippen LogP contribution in [-0.2, 0) is 4.79 Å². The van der Waals surface area contributed by atoms with Gasteiger partial charge in [-0.05, 0) is 49.4 Å². The summed E-state index contributed by atoms with van der Waals surface area (Å²) in [4.78, 5) is 16.4. The van der Waals surface area contributed by atoms with Gasteiger partial charge in [-0.2, -0.15) is 4.98 Å². The summed E-state index contributed by atoms with van der Waals surface area (Å²) in [7, 11) is 0. The van der Waals surface area contributed by atoms with E-state index in [0.717, 1.165) is 0 Å². The molecule has 0 unspecified atom stereocenters. The Kier molecular flexibility index (Phi) is 5.49. The molecule has 3 rings (SSSR count). The highest BCUT2D eigenvalue weighted by Gasteiger charge is 2.15. The topological polar surface area (TPSA) is 69.0 Å². The van der Waals surface area contributed by atoms with Gasteiger partial charge in [0, 0.05) is 17.2 Å². The first-order chi connectivity index (χ1) is 13.0. The van der Waals surface area contributed by atoms with E-state index in [0.29, 0.717) is 29.4 Å². The van der Waals surface area contributed by atoms with Crippen LogP contribution in [0, 0.1) is 11.7 Å². The standard InChI is InChI=1S/C20H21FN4O2/c1-4-27-20-23-18(14-8-10-15(21)11-9-14)25(24-20)17-7-5-6-16(12-17)22-19(26)13(2)3/h5-13H,4H2,1-3H3,(H,22,26). The van der Waals surface area contributed by atoms with E-state index < -0.39 is 0 Å². The monoisotopic (exact) mass is 368 g/mol. The lowest BCUT2D eigenvalue weighted by molar-refractivity contribution is -0.118. The molecule has 0 spiro atoms. The van der Waals surface area contributed by atoms with Crippen LogP contribution >= 0.6 is 0 Å². The number of anilines is 1. The van der Waals surface area contributed by atoms with Crippen LogP contribution in [0.1, 0.15) is 20.8 Å². The number of rotatable bonds is 6. The number of carbonyl (C=O) groups is 1. The fraction of sp³-hybridized carbons (Fsp3) is 0.250. The normalized spacial score (nSPS) is 10.9. The Morgan fingerprint density at radius 2 is 1.96 bits per heavy atom. The van der Waals surface area contributed by atoms with Gasteiger partial charge in [0.25, 0.3) is 0 Å². The predicted molar refractivity (Wildman–Crippen MR) is 101 cm³/mol. The van der Waals surface area contributed by atoms with Gasteiger partial charge in [0.2, 0.25) is 5.91 Å². The number of hydrogen-bond donors (Lipinski definition) is 1. The fourth-order valence-electron chi connectivity index (χ4n) is 2.45. The minimum atomic E-state index is -0.326. The third-order valence-electron chi connectivity index (χ3n) is 3.85. The van der Waals surface area contributed by atoms with Crippen molar-refractivity contribution in [2.75, 3.05) is 11.9 Å². The van der Waals surface area contributed by atoms with Crippen LogP contribution in [-0.4, -0.2) is 27.3 Å². The Morgan fingerprint density at radius 1 is 1.22 bits per heavy atom. The Labute approximate surface area is 157 Å². The highest BCUT2D eigenvalue weighted by atomic mass is 19.1. The number of nitrogens with one attached hydrogen (secondary N) is 1. The van der Waals surface area contributed by atoms with Crippen molar-refractivity contribution in [3.8, 4) is 23.1 Å². The van der Waals surface area contributed by atoms with Gasteiger partial charge in [-0.15, -0.1) is 5.10 Å². The van der Waals surface area contributed by atoms with Crippen molar-refractivity contribution in [3.05, 3.63) is 54.3 Å². The molecule has 7 heteroatoms. The summed E-state index contributed by atoms with van der Waals surface area (Å²) >= 11 is 0. The molecule has 6 nitrogen and oxygen atoms in total. The Bertz CT molecular complexity index is 935. The van der Waals surface area contributed by atoms with E-state index in [9.17, 15) is 9.18 Å². The second-order valence-electron chi connectivity index (χ2n) is 6.26. The molecule has 0 fully saturated rings. The average molecular weight is 368 g/mol. The summed E-state index contributed by atoms with van der Waals surface area (Å²) in [6, 6.07) is 13.5. The number of benzene rings is 2. The van der Waals surface area contributed by atoms with Gasteiger partial charge in [0.05, 0.1) is 12.3 Å². The zero-order valence-electron chi connectivity index (χ0n) is 15.4. The molecule has 0 saturated heterocycles. The summed E-state index contributed by atoms with van der Waals surface area (Å²) in [5.74, 6) is -0.00195. The lowest BCUT2D eigenvalue weighted by Gasteiger charge is -2.10. The summed E-state index contributed by atoms with van der Waals surface area (Å²) in [5.41, 5.74) is 2.06. The highest BCUT2D eigenvalue weighted by molar-refractivity contribution is 5.92. The zero-order valence-corrected chi connectivity index (χ0v) is 15.4. The molecule has 3 aromatic rings. The quantitative estimate of drug-likeness (QED) is 0.712. The minimum Gasteiger partial charge on any atom is -0.463 e. The van der Waals surface area contributed by atoms with E-state index in [2.05, 4.69) is 15.4 Å². The molecule has 1 aromatic heterocycles. The molecular formula is C20H21FN4O2. The zero-order chi connectivity index (χ0) is 19.4. The van der Waals surface area contributed by atoms with Crippen LogP contribution in [0.4, 0.5) is 10.1 Å². The summed E-state index contributed by atoms with van der Waals surface area (Å²) in [6.07, 6.45) is 0. The van der Waals surface area contributed by atoms with Crippen molar-refractivity contribution in [2.45, 2.75) is 20.8 Å². The number of carbonyl (C=O) groups excluding carboxylic acids is 1. The molecule has 0 bridgehead atoms. The van der Waals surface area contributed by atoms with Gasteiger partial charge in [-0.3, -0.25) is 4.79 Å². The van der Waals surface area contributed by atoms with Crippen LogP contribution in [0.25, 0.3) is 17.1 Å². The minimum absolute atomic E-state index is 0.0699. The molecule has 0 aliphatic carbocycles. The van der Waals surface area contributed by atoms with E-state index in [1.165, 1.54) is 12.1 Å². The molecule has 1 amide bonds. The SMILES string of the molecule is CCOc1nc(-c2ccc(F)cc2)n(-c2cccc(NC(=O)C(C)C)c2)n1. The van der Waals surface area contributed by atoms with Crippen molar-refractivity contribution >= 4 is 11.6 Å². The molecule has 0 radical (unpaired) electrons. The van der Waals surface area contributed by atoms with Crippen molar-refractivity contribution < 1.29 is 13.9 Å². The van der Waals surface area contributed by atoms with Gasteiger partial charge in [-0.25, -0.2) is 9.07 Å². The first-order valence-electron chi connectivity index (χ1n) is 8.75. The average Bonchev–Trinajstić information content (AvgIpc) is 3.07.